The second-order valence-corrected chi connectivity index (χ2v) is 3.06. The third-order valence-electron chi connectivity index (χ3n) is 1.96. The van der Waals surface area contributed by atoms with Gasteiger partial charge >= 0.3 is 0 Å². The third kappa shape index (κ3) is 1.91. The first-order valence-corrected chi connectivity index (χ1v) is 4.50. The van der Waals surface area contributed by atoms with E-state index in [0.29, 0.717) is 0 Å². The van der Waals surface area contributed by atoms with Crippen LogP contribution in [-0.2, 0) is 0 Å². The number of nitrogens with zero attached hydrogens (tertiary/aromatic N) is 1. The van der Waals surface area contributed by atoms with Gasteiger partial charge in [-0.1, -0.05) is 18.2 Å². The first-order chi connectivity index (χ1) is 6.86. The van der Waals surface area contributed by atoms with Gasteiger partial charge in [0.1, 0.15) is 11.5 Å². The molecule has 1 aromatic heterocycles. The second-order valence-electron chi connectivity index (χ2n) is 3.06. The molecule has 2 aromatic rings. The quantitative estimate of drug-likeness (QED) is 0.716. The van der Waals surface area contributed by atoms with Gasteiger partial charge in [0.15, 0.2) is 0 Å². The smallest absolute Gasteiger partial charge is 0.145 e. The minimum Gasteiger partial charge on any atom is -0.455 e. The number of rotatable bonds is 2. The molecule has 2 nitrogen and oxygen atoms in total. The average Bonchev–Trinajstić information content (AvgIpc) is 2.23. The minimum absolute atomic E-state index is 0.766. The van der Waals surface area contributed by atoms with Gasteiger partial charge in [-0.2, -0.15) is 0 Å². The molecule has 1 heterocycles. The zero-order valence-electron chi connectivity index (χ0n) is 7.97. The van der Waals surface area contributed by atoms with Crippen molar-refractivity contribution < 1.29 is 4.74 Å². The molecule has 0 aliphatic heterocycles. The van der Waals surface area contributed by atoms with Crippen molar-refractivity contribution in [3.8, 4) is 11.5 Å². The standard InChI is InChI=1S/C12H11NO/c1-10-5-2-3-7-12(10)14-11-6-4-8-13-9-11/h2-9H,1H3. The first kappa shape index (κ1) is 8.75. The average molecular weight is 185 g/mol. The van der Waals surface area contributed by atoms with Crippen LogP contribution < -0.4 is 4.74 Å². The summed E-state index contributed by atoms with van der Waals surface area (Å²) in [6.07, 6.45) is 3.43. The van der Waals surface area contributed by atoms with Gasteiger partial charge in [0.05, 0.1) is 6.20 Å². The van der Waals surface area contributed by atoms with Crippen LogP contribution >= 0.6 is 0 Å². The molecular weight excluding hydrogens is 174 g/mol. The number of hydrogen-bond acceptors (Lipinski definition) is 2. The van der Waals surface area contributed by atoms with Crippen LogP contribution in [0.5, 0.6) is 11.5 Å². The van der Waals surface area contributed by atoms with Crippen molar-refractivity contribution in [1.82, 2.24) is 4.98 Å². The lowest BCUT2D eigenvalue weighted by atomic mass is 10.2. The van der Waals surface area contributed by atoms with Crippen LogP contribution in [0.1, 0.15) is 5.56 Å². The van der Waals surface area contributed by atoms with Gasteiger partial charge in [0, 0.05) is 6.20 Å². The SMILES string of the molecule is Cc1ccccc1Oc1cccnc1. The molecule has 0 spiro atoms. The maximum Gasteiger partial charge on any atom is 0.145 e. The van der Waals surface area contributed by atoms with Crippen molar-refractivity contribution in [2.24, 2.45) is 0 Å². The number of aromatic nitrogens is 1. The molecule has 0 N–H and O–H groups in total. The highest BCUT2D eigenvalue weighted by molar-refractivity contribution is 5.35. The summed E-state index contributed by atoms with van der Waals surface area (Å²) in [6.45, 7) is 2.02. The summed E-state index contributed by atoms with van der Waals surface area (Å²) in [4.78, 5) is 3.99. The number of benzene rings is 1. The monoisotopic (exact) mass is 185 g/mol. The largest absolute Gasteiger partial charge is 0.455 e. The van der Waals surface area contributed by atoms with Crippen LogP contribution in [0.3, 0.4) is 0 Å². The maximum absolute atomic E-state index is 5.65. The molecule has 0 saturated heterocycles. The predicted molar refractivity (Wildman–Crippen MR) is 55.5 cm³/mol. The lowest BCUT2D eigenvalue weighted by molar-refractivity contribution is 0.476. The van der Waals surface area contributed by atoms with E-state index < -0.39 is 0 Å². The lowest BCUT2D eigenvalue weighted by Gasteiger charge is -2.06. The Bertz CT molecular complexity index is 412. The molecule has 0 saturated carbocycles. The van der Waals surface area contributed by atoms with Gasteiger partial charge in [-0.15, -0.1) is 0 Å². The Hall–Kier alpha value is -1.83. The molecule has 2 rings (SSSR count). The van der Waals surface area contributed by atoms with E-state index in [0.717, 1.165) is 17.1 Å². The maximum atomic E-state index is 5.65. The fourth-order valence-electron chi connectivity index (χ4n) is 1.21. The molecule has 0 radical (unpaired) electrons. The molecule has 0 atom stereocenters. The van der Waals surface area contributed by atoms with Crippen LogP contribution in [0.25, 0.3) is 0 Å². The minimum atomic E-state index is 0.766. The van der Waals surface area contributed by atoms with Crippen LogP contribution in [0.2, 0.25) is 0 Å². The molecular formula is C12H11NO. The van der Waals surface area contributed by atoms with E-state index in [9.17, 15) is 0 Å². The van der Waals surface area contributed by atoms with Gasteiger partial charge < -0.3 is 4.74 Å². The molecule has 0 aliphatic rings. The number of ether oxygens (including phenoxy) is 1. The topological polar surface area (TPSA) is 22.1 Å². The number of para-hydroxylation sites is 1. The van der Waals surface area contributed by atoms with Crippen LogP contribution in [0.4, 0.5) is 0 Å². The molecule has 2 heteroatoms. The Morgan fingerprint density at radius 2 is 1.93 bits per heavy atom. The van der Waals surface area contributed by atoms with Crippen LogP contribution in [-0.4, -0.2) is 4.98 Å². The van der Waals surface area contributed by atoms with E-state index in [2.05, 4.69) is 4.98 Å². The van der Waals surface area contributed by atoms with Crippen molar-refractivity contribution in [3.05, 3.63) is 54.4 Å². The van der Waals surface area contributed by atoms with Crippen molar-refractivity contribution in [1.29, 1.82) is 0 Å². The van der Waals surface area contributed by atoms with Gasteiger partial charge in [0.25, 0.3) is 0 Å². The molecule has 1 aromatic carbocycles. The number of hydrogen-bond donors (Lipinski definition) is 0. The number of pyridine rings is 1. The Balaban J connectivity index is 2.24. The predicted octanol–water partition coefficient (Wildman–Crippen LogP) is 3.18. The normalized spacial score (nSPS) is 9.79. The second kappa shape index (κ2) is 3.92. The Morgan fingerprint density at radius 3 is 2.64 bits per heavy atom. The van der Waals surface area contributed by atoms with Gasteiger partial charge in [-0.05, 0) is 30.7 Å². The lowest BCUT2D eigenvalue weighted by Crippen LogP contribution is -1.86. The van der Waals surface area contributed by atoms with Crippen molar-refractivity contribution in [2.45, 2.75) is 6.92 Å². The van der Waals surface area contributed by atoms with Gasteiger partial charge in [-0.3, -0.25) is 4.98 Å². The van der Waals surface area contributed by atoms with Crippen molar-refractivity contribution in [2.75, 3.05) is 0 Å². The van der Waals surface area contributed by atoms with Crippen LogP contribution in [0.15, 0.2) is 48.8 Å². The van der Waals surface area contributed by atoms with Crippen molar-refractivity contribution >= 4 is 0 Å². The zero-order valence-corrected chi connectivity index (χ0v) is 7.97. The number of aryl methyl sites for hydroxylation is 1. The van der Waals surface area contributed by atoms with Crippen molar-refractivity contribution in [3.63, 3.8) is 0 Å². The third-order valence-corrected chi connectivity index (χ3v) is 1.96. The molecule has 14 heavy (non-hydrogen) atoms. The highest BCUT2D eigenvalue weighted by Crippen LogP contribution is 2.23. The summed E-state index contributed by atoms with van der Waals surface area (Å²) in [5.74, 6) is 1.64. The van der Waals surface area contributed by atoms with E-state index in [1.54, 1.807) is 12.4 Å². The highest BCUT2D eigenvalue weighted by atomic mass is 16.5. The molecule has 0 amide bonds. The molecule has 0 aliphatic carbocycles. The van der Waals surface area contributed by atoms with E-state index in [1.165, 1.54) is 0 Å². The van der Waals surface area contributed by atoms with Gasteiger partial charge in [0.2, 0.25) is 0 Å². The highest BCUT2D eigenvalue weighted by Gasteiger charge is 1.98. The van der Waals surface area contributed by atoms with Gasteiger partial charge in [-0.25, -0.2) is 0 Å². The van der Waals surface area contributed by atoms with E-state index >= 15 is 0 Å². The molecule has 0 unspecified atom stereocenters. The summed E-state index contributed by atoms with van der Waals surface area (Å²) in [5, 5.41) is 0. The Kier molecular flexibility index (Phi) is 2.45. The van der Waals surface area contributed by atoms with E-state index in [1.807, 2.05) is 43.3 Å². The summed E-state index contributed by atoms with van der Waals surface area (Å²) >= 11 is 0. The Labute approximate surface area is 83.2 Å². The molecule has 0 fully saturated rings. The summed E-state index contributed by atoms with van der Waals surface area (Å²) in [6, 6.07) is 11.7. The summed E-state index contributed by atoms with van der Waals surface area (Å²) < 4.78 is 5.65. The fourth-order valence-corrected chi connectivity index (χ4v) is 1.21. The van der Waals surface area contributed by atoms with E-state index in [-0.39, 0.29) is 0 Å². The van der Waals surface area contributed by atoms with Crippen LogP contribution in [0, 0.1) is 6.92 Å². The summed E-state index contributed by atoms with van der Waals surface area (Å²) in [5.41, 5.74) is 1.12. The van der Waals surface area contributed by atoms with E-state index in [4.69, 9.17) is 4.74 Å². The Morgan fingerprint density at radius 1 is 1.07 bits per heavy atom. The summed E-state index contributed by atoms with van der Waals surface area (Å²) in [7, 11) is 0. The zero-order chi connectivity index (χ0) is 9.80. The molecule has 0 bridgehead atoms. The fraction of sp³-hybridized carbons (Fsp3) is 0.0833. The first-order valence-electron chi connectivity index (χ1n) is 4.50. The molecule has 70 valence electrons.